The van der Waals surface area contributed by atoms with Crippen LogP contribution in [0.2, 0.25) is 0 Å². The Bertz CT molecular complexity index is 850. The van der Waals surface area contributed by atoms with Crippen molar-refractivity contribution in [3.05, 3.63) is 59.4 Å². The summed E-state index contributed by atoms with van der Waals surface area (Å²) in [6, 6.07) is 12.0. The summed E-state index contributed by atoms with van der Waals surface area (Å²) < 4.78 is 0. The Kier molecular flexibility index (Phi) is 5.00. The number of carbonyl (C=O) groups is 2. The number of rotatable bonds is 3. The molecule has 2 aliphatic rings. The van der Waals surface area contributed by atoms with E-state index in [-0.39, 0.29) is 23.1 Å². The highest BCUT2D eigenvalue weighted by atomic mass is 16.2. The highest BCUT2D eigenvalue weighted by Crippen LogP contribution is 2.45. The first-order chi connectivity index (χ1) is 13.5. The number of aromatic amines is 1. The SMILES string of the molecule is CCN1CC2(CCN(C(=O)c3cc[nH]c3C)CC2)CC(c2ccccc2)C1=O. The van der Waals surface area contributed by atoms with Crippen LogP contribution in [0.1, 0.15) is 53.7 Å². The summed E-state index contributed by atoms with van der Waals surface area (Å²) in [5.41, 5.74) is 2.92. The van der Waals surface area contributed by atoms with Crippen molar-refractivity contribution >= 4 is 11.8 Å². The molecule has 3 heterocycles. The van der Waals surface area contributed by atoms with Gasteiger partial charge in [-0.05, 0) is 50.2 Å². The Morgan fingerprint density at radius 3 is 2.50 bits per heavy atom. The number of aryl methyl sites for hydroxylation is 1. The van der Waals surface area contributed by atoms with E-state index in [1.807, 2.05) is 47.2 Å². The van der Waals surface area contributed by atoms with Crippen molar-refractivity contribution in [2.75, 3.05) is 26.2 Å². The van der Waals surface area contributed by atoms with Gasteiger partial charge in [0.05, 0.1) is 11.5 Å². The van der Waals surface area contributed by atoms with E-state index < -0.39 is 0 Å². The van der Waals surface area contributed by atoms with Crippen LogP contribution in [0, 0.1) is 12.3 Å². The van der Waals surface area contributed by atoms with Crippen LogP contribution in [-0.4, -0.2) is 52.8 Å². The van der Waals surface area contributed by atoms with Crippen molar-refractivity contribution in [1.29, 1.82) is 0 Å². The van der Waals surface area contributed by atoms with E-state index in [9.17, 15) is 9.59 Å². The number of nitrogens with zero attached hydrogens (tertiary/aromatic N) is 2. The minimum Gasteiger partial charge on any atom is -0.365 e. The first-order valence-electron chi connectivity index (χ1n) is 10.3. The van der Waals surface area contributed by atoms with Gasteiger partial charge in [0.15, 0.2) is 0 Å². The van der Waals surface area contributed by atoms with Gasteiger partial charge in [-0.15, -0.1) is 0 Å². The molecule has 28 heavy (non-hydrogen) atoms. The molecule has 1 aromatic heterocycles. The summed E-state index contributed by atoms with van der Waals surface area (Å²) in [7, 11) is 0. The van der Waals surface area contributed by atoms with Gasteiger partial charge in [0, 0.05) is 38.1 Å². The molecule has 0 aliphatic carbocycles. The molecule has 4 rings (SSSR count). The fraction of sp³-hybridized carbons (Fsp3) is 0.478. The zero-order chi connectivity index (χ0) is 19.7. The van der Waals surface area contributed by atoms with Crippen molar-refractivity contribution in [3.8, 4) is 0 Å². The molecule has 148 valence electrons. The van der Waals surface area contributed by atoms with Crippen molar-refractivity contribution in [3.63, 3.8) is 0 Å². The molecule has 2 amide bonds. The number of aromatic nitrogens is 1. The number of likely N-dealkylation sites (N-methyl/N-ethyl adjacent to an activating group) is 1. The van der Waals surface area contributed by atoms with Gasteiger partial charge in [0.2, 0.25) is 5.91 Å². The zero-order valence-corrected chi connectivity index (χ0v) is 16.8. The van der Waals surface area contributed by atoms with Crippen molar-refractivity contribution in [2.24, 2.45) is 5.41 Å². The smallest absolute Gasteiger partial charge is 0.255 e. The van der Waals surface area contributed by atoms with Crippen molar-refractivity contribution in [1.82, 2.24) is 14.8 Å². The monoisotopic (exact) mass is 379 g/mol. The number of H-pyrrole nitrogens is 1. The Balaban J connectivity index is 1.51. The third-order valence-electron chi connectivity index (χ3n) is 6.65. The molecule has 5 nitrogen and oxygen atoms in total. The Hall–Kier alpha value is -2.56. The second-order valence-corrected chi connectivity index (χ2v) is 8.33. The number of hydrogen-bond donors (Lipinski definition) is 1. The van der Waals surface area contributed by atoms with Gasteiger partial charge in [0.25, 0.3) is 5.91 Å². The van der Waals surface area contributed by atoms with Crippen molar-refractivity contribution in [2.45, 2.75) is 39.0 Å². The van der Waals surface area contributed by atoms with Crippen LogP contribution in [0.15, 0.2) is 42.6 Å². The summed E-state index contributed by atoms with van der Waals surface area (Å²) in [5.74, 6) is 0.303. The lowest BCUT2D eigenvalue weighted by Crippen LogP contribution is -2.54. The number of piperidine rings is 2. The standard InChI is InChI=1S/C23H29N3O2/c1-3-25-16-23(15-20(22(25)28)18-7-5-4-6-8-18)10-13-26(14-11-23)21(27)19-9-12-24-17(19)2/h4-9,12,20,24H,3,10-11,13-16H2,1-2H3. The van der Waals surface area contributed by atoms with Crippen LogP contribution in [0.5, 0.6) is 0 Å². The minimum absolute atomic E-state index is 0.0657. The van der Waals surface area contributed by atoms with Gasteiger partial charge in [-0.3, -0.25) is 9.59 Å². The lowest BCUT2D eigenvalue weighted by molar-refractivity contribution is -0.141. The second-order valence-electron chi connectivity index (χ2n) is 8.33. The average Bonchev–Trinajstić information content (AvgIpc) is 3.16. The second kappa shape index (κ2) is 7.46. The summed E-state index contributed by atoms with van der Waals surface area (Å²) >= 11 is 0. The maximum absolute atomic E-state index is 13.0. The molecule has 1 spiro atoms. The third-order valence-corrected chi connectivity index (χ3v) is 6.65. The average molecular weight is 380 g/mol. The molecular formula is C23H29N3O2. The first kappa shape index (κ1) is 18.8. The fourth-order valence-electron chi connectivity index (χ4n) is 4.90. The van der Waals surface area contributed by atoms with Gasteiger partial charge in [-0.2, -0.15) is 0 Å². The molecule has 2 aliphatic heterocycles. The Morgan fingerprint density at radius 2 is 1.89 bits per heavy atom. The van der Waals surface area contributed by atoms with Crippen LogP contribution in [0.3, 0.4) is 0 Å². The summed E-state index contributed by atoms with van der Waals surface area (Å²) in [6.45, 7) is 7.08. The number of amides is 2. The molecule has 5 heteroatoms. The zero-order valence-electron chi connectivity index (χ0n) is 16.8. The predicted octanol–water partition coefficient (Wildman–Crippen LogP) is 3.58. The van der Waals surface area contributed by atoms with Gasteiger partial charge >= 0.3 is 0 Å². The van der Waals surface area contributed by atoms with Crippen LogP contribution < -0.4 is 0 Å². The quantitative estimate of drug-likeness (QED) is 0.886. The molecule has 2 aromatic rings. The molecule has 2 saturated heterocycles. The van der Waals surface area contributed by atoms with E-state index in [1.165, 1.54) is 0 Å². The summed E-state index contributed by atoms with van der Waals surface area (Å²) in [5, 5.41) is 0. The maximum atomic E-state index is 13.0. The van der Waals surface area contributed by atoms with Crippen LogP contribution >= 0.6 is 0 Å². The number of carbonyl (C=O) groups excluding carboxylic acids is 2. The summed E-state index contributed by atoms with van der Waals surface area (Å²) in [6.07, 6.45) is 4.62. The normalized spacial score (nSPS) is 21.9. The molecular weight excluding hydrogens is 350 g/mol. The van der Waals surface area contributed by atoms with E-state index >= 15 is 0 Å². The lowest BCUT2D eigenvalue weighted by atomic mass is 9.67. The van der Waals surface area contributed by atoms with E-state index in [0.29, 0.717) is 0 Å². The first-order valence-corrected chi connectivity index (χ1v) is 10.3. The highest BCUT2D eigenvalue weighted by molar-refractivity contribution is 5.95. The third kappa shape index (κ3) is 3.34. The van der Waals surface area contributed by atoms with Gasteiger partial charge in [0.1, 0.15) is 0 Å². The topological polar surface area (TPSA) is 56.4 Å². The fourth-order valence-corrected chi connectivity index (χ4v) is 4.90. The van der Waals surface area contributed by atoms with Crippen LogP contribution in [-0.2, 0) is 4.79 Å². The van der Waals surface area contributed by atoms with Gasteiger partial charge in [-0.25, -0.2) is 0 Å². The largest absolute Gasteiger partial charge is 0.365 e. The van der Waals surface area contributed by atoms with Crippen molar-refractivity contribution < 1.29 is 9.59 Å². The predicted molar refractivity (Wildman–Crippen MR) is 109 cm³/mol. The number of benzene rings is 1. The summed E-state index contributed by atoms with van der Waals surface area (Å²) in [4.78, 5) is 33.0. The minimum atomic E-state index is -0.0657. The molecule has 1 aromatic carbocycles. The Labute approximate surface area is 166 Å². The highest BCUT2D eigenvalue weighted by Gasteiger charge is 2.46. The van der Waals surface area contributed by atoms with Gasteiger partial charge < -0.3 is 14.8 Å². The van der Waals surface area contributed by atoms with Crippen LogP contribution in [0.25, 0.3) is 0 Å². The molecule has 0 saturated carbocycles. The van der Waals surface area contributed by atoms with E-state index in [1.54, 1.807) is 0 Å². The lowest BCUT2D eigenvalue weighted by Gasteiger charge is -2.49. The Morgan fingerprint density at radius 1 is 1.18 bits per heavy atom. The maximum Gasteiger partial charge on any atom is 0.255 e. The number of hydrogen-bond acceptors (Lipinski definition) is 2. The van der Waals surface area contributed by atoms with E-state index in [2.05, 4.69) is 24.0 Å². The van der Waals surface area contributed by atoms with Crippen LogP contribution in [0.4, 0.5) is 0 Å². The molecule has 1 N–H and O–H groups in total. The number of nitrogens with one attached hydrogen (secondary N) is 1. The molecule has 0 radical (unpaired) electrons. The molecule has 1 atom stereocenters. The molecule has 0 bridgehead atoms. The van der Waals surface area contributed by atoms with E-state index in [4.69, 9.17) is 0 Å². The van der Waals surface area contributed by atoms with E-state index in [0.717, 1.165) is 62.3 Å². The van der Waals surface area contributed by atoms with Gasteiger partial charge in [-0.1, -0.05) is 30.3 Å². The molecule has 1 unspecified atom stereocenters. The molecule has 2 fully saturated rings. The number of likely N-dealkylation sites (tertiary alicyclic amines) is 2.